The summed E-state index contributed by atoms with van der Waals surface area (Å²) in [7, 11) is 1.89. The number of aryl methyl sites for hydroxylation is 2. The second kappa shape index (κ2) is 5.00. The molecule has 0 fully saturated rings. The van der Waals surface area contributed by atoms with E-state index in [1.807, 2.05) is 36.7 Å². The second-order valence-electron chi connectivity index (χ2n) is 4.13. The van der Waals surface area contributed by atoms with Crippen LogP contribution in [0.15, 0.2) is 24.4 Å². The van der Waals surface area contributed by atoms with Gasteiger partial charge in [-0.25, -0.2) is 4.98 Å². The predicted molar refractivity (Wildman–Crippen MR) is 67.1 cm³/mol. The third-order valence-corrected chi connectivity index (χ3v) is 2.83. The third-order valence-electron chi connectivity index (χ3n) is 2.83. The molecule has 2 aromatic rings. The van der Waals surface area contributed by atoms with Crippen LogP contribution >= 0.6 is 0 Å². The lowest BCUT2D eigenvalue weighted by Gasteiger charge is -2.05. The largest absolute Gasteiger partial charge is 0.481 e. The highest BCUT2D eigenvalue weighted by molar-refractivity contribution is 5.67. The number of carboxylic acids is 1. The van der Waals surface area contributed by atoms with Gasteiger partial charge in [0.15, 0.2) is 0 Å². The maximum atomic E-state index is 10.6. The molecule has 2 aromatic heterocycles. The molecule has 5 nitrogen and oxygen atoms in total. The van der Waals surface area contributed by atoms with Crippen LogP contribution in [0.3, 0.4) is 0 Å². The number of carboxylic acid groups (broad SMARTS) is 1. The average molecular weight is 245 g/mol. The minimum Gasteiger partial charge on any atom is -0.481 e. The molecule has 0 aliphatic heterocycles. The standard InChI is InChI=1S/C13H15N3O2/c1-9-13(10-5-3-4-8-14-10)16(2)11(15-9)6-7-12(17)18/h3-5,8H,6-7H2,1-2H3,(H,17,18). The first kappa shape index (κ1) is 12.3. The lowest BCUT2D eigenvalue weighted by molar-refractivity contribution is -0.137. The van der Waals surface area contributed by atoms with Gasteiger partial charge < -0.3 is 9.67 Å². The Bertz CT molecular complexity index is 561. The summed E-state index contributed by atoms with van der Waals surface area (Å²) < 4.78 is 1.92. The molecule has 0 spiro atoms. The van der Waals surface area contributed by atoms with E-state index in [2.05, 4.69) is 9.97 Å². The molecule has 0 aliphatic rings. The Hall–Kier alpha value is -2.17. The van der Waals surface area contributed by atoms with E-state index in [4.69, 9.17) is 5.11 Å². The molecule has 0 saturated carbocycles. The van der Waals surface area contributed by atoms with Gasteiger partial charge in [0.25, 0.3) is 0 Å². The van der Waals surface area contributed by atoms with Crippen molar-refractivity contribution in [2.45, 2.75) is 19.8 Å². The van der Waals surface area contributed by atoms with Crippen molar-refractivity contribution in [3.05, 3.63) is 35.9 Å². The molecule has 0 aromatic carbocycles. The third kappa shape index (κ3) is 2.40. The molecule has 18 heavy (non-hydrogen) atoms. The summed E-state index contributed by atoms with van der Waals surface area (Å²) in [5, 5.41) is 8.71. The molecule has 5 heteroatoms. The van der Waals surface area contributed by atoms with Crippen molar-refractivity contribution in [1.82, 2.24) is 14.5 Å². The highest BCUT2D eigenvalue weighted by Crippen LogP contribution is 2.22. The number of imidazole rings is 1. The highest BCUT2D eigenvalue weighted by Gasteiger charge is 2.14. The van der Waals surface area contributed by atoms with Gasteiger partial charge in [-0.15, -0.1) is 0 Å². The van der Waals surface area contributed by atoms with Crippen LogP contribution in [0.25, 0.3) is 11.4 Å². The summed E-state index contributed by atoms with van der Waals surface area (Å²) in [6.45, 7) is 1.91. The van der Waals surface area contributed by atoms with Crippen LogP contribution in [0.2, 0.25) is 0 Å². The summed E-state index contributed by atoms with van der Waals surface area (Å²) in [6, 6.07) is 5.71. The molecule has 0 unspecified atom stereocenters. The van der Waals surface area contributed by atoms with E-state index in [9.17, 15) is 4.79 Å². The van der Waals surface area contributed by atoms with Gasteiger partial charge in [0.05, 0.1) is 23.5 Å². The predicted octanol–water partition coefficient (Wildman–Crippen LogP) is 1.81. The van der Waals surface area contributed by atoms with E-state index in [0.717, 1.165) is 22.9 Å². The van der Waals surface area contributed by atoms with Crippen LogP contribution in [0.4, 0.5) is 0 Å². The van der Waals surface area contributed by atoms with E-state index < -0.39 is 5.97 Å². The molecule has 2 rings (SSSR count). The number of rotatable bonds is 4. The zero-order chi connectivity index (χ0) is 13.1. The van der Waals surface area contributed by atoms with Crippen molar-refractivity contribution in [2.24, 2.45) is 7.05 Å². The minimum atomic E-state index is -0.810. The SMILES string of the molecule is Cc1nc(CCC(=O)O)n(C)c1-c1ccccn1. The zero-order valence-electron chi connectivity index (χ0n) is 10.4. The first-order chi connectivity index (χ1) is 8.59. The fraction of sp³-hybridized carbons (Fsp3) is 0.308. The summed E-state index contributed by atoms with van der Waals surface area (Å²) in [5.41, 5.74) is 2.67. The first-order valence-corrected chi connectivity index (χ1v) is 5.75. The summed E-state index contributed by atoms with van der Waals surface area (Å²) >= 11 is 0. The van der Waals surface area contributed by atoms with E-state index in [1.54, 1.807) is 6.20 Å². The van der Waals surface area contributed by atoms with E-state index in [0.29, 0.717) is 6.42 Å². The number of hydrogen-bond acceptors (Lipinski definition) is 3. The van der Waals surface area contributed by atoms with E-state index in [1.165, 1.54) is 0 Å². The zero-order valence-corrected chi connectivity index (χ0v) is 10.4. The second-order valence-corrected chi connectivity index (χ2v) is 4.13. The molecular weight excluding hydrogens is 230 g/mol. The lowest BCUT2D eigenvalue weighted by Crippen LogP contribution is -2.04. The Labute approximate surface area is 105 Å². The minimum absolute atomic E-state index is 0.0892. The molecule has 0 saturated heterocycles. The van der Waals surface area contributed by atoms with E-state index in [-0.39, 0.29) is 6.42 Å². The Morgan fingerprint density at radius 2 is 2.22 bits per heavy atom. The van der Waals surface area contributed by atoms with Crippen molar-refractivity contribution in [1.29, 1.82) is 0 Å². The Balaban J connectivity index is 2.35. The molecule has 0 aliphatic carbocycles. The number of carbonyl (C=O) groups is 1. The van der Waals surface area contributed by atoms with Gasteiger partial charge in [0.2, 0.25) is 0 Å². The van der Waals surface area contributed by atoms with Crippen molar-refractivity contribution < 1.29 is 9.90 Å². The first-order valence-electron chi connectivity index (χ1n) is 5.75. The quantitative estimate of drug-likeness (QED) is 0.892. The smallest absolute Gasteiger partial charge is 0.303 e. The van der Waals surface area contributed by atoms with Gasteiger partial charge in [0.1, 0.15) is 5.82 Å². The van der Waals surface area contributed by atoms with Crippen molar-refractivity contribution in [2.75, 3.05) is 0 Å². The molecule has 0 atom stereocenters. The Morgan fingerprint density at radius 1 is 1.44 bits per heavy atom. The Morgan fingerprint density at radius 3 is 2.83 bits per heavy atom. The molecular formula is C13H15N3O2. The number of hydrogen-bond donors (Lipinski definition) is 1. The maximum Gasteiger partial charge on any atom is 0.303 e. The lowest BCUT2D eigenvalue weighted by atomic mass is 10.2. The number of aromatic nitrogens is 3. The number of nitrogens with zero attached hydrogens (tertiary/aromatic N) is 3. The molecule has 0 radical (unpaired) electrons. The topological polar surface area (TPSA) is 68.0 Å². The molecule has 2 heterocycles. The summed E-state index contributed by atoms with van der Waals surface area (Å²) in [5.74, 6) is -0.0365. The normalized spacial score (nSPS) is 10.6. The van der Waals surface area contributed by atoms with Gasteiger partial charge in [-0.05, 0) is 19.1 Å². The van der Waals surface area contributed by atoms with Gasteiger partial charge in [-0.2, -0.15) is 0 Å². The van der Waals surface area contributed by atoms with Crippen LogP contribution in [0, 0.1) is 6.92 Å². The van der Waals surface area contributed by atoms with Crippen molar-refractivity contribution in [3.63, 3.8) is 0 Å². The van der Waals surface area contributed by atoms with Crippen LogP contribution in [-0.4, -0.2) is 25.6 Å². The monoisotopic (exact) mass is 245 g/mol. The summed E-state index contributed by atoms with van der Waals surface area (Å²) in [6.07, 6.45) is 2.25. The molecule has 0 bridgehead atoms. The fourth-order valence-corrected chi connectivity index (χ4v) is 2.00. The molecule has 1 N–H and O–H groups in total. The number of aliphatic carboxylic acids is 1. The van der Waals surface area contributed by atoms with Crippen molar-refractivity contribution in [3.8, 4) is 11.4 Å². The number of pyridine rings is 1. The van der Waals surface area contributed by atoms with E-state index >= 15 is 0 Å². The highest BCUT2D eigenvalue weighted by atomic mass is 16.4. The van der Waals surface area contributed by atoms with Gasteiger partial charge in [-0.1, -0.05) is 6.07 Å². The molecule has 0 amide bonds. The average Bonchev–Trinajstić information content (AvgIpc) is 2.63. The fourth-order valence-electron chi connectivity index (χ4n) is 2.00. The van der Waals surface area contributed by atoms with Gasteiger partial charge >= 0.3 is 5.97 Å². The van der Waals surface area contributed by atoms with Gasteiger partial charge in [-0.3, -0.25) is 9.78 Å². The van der Waals surface area contributed by atoms with Gasteiger partial charge in [0, 0.05) is 19.7 Å². The molecule has 94 valence electrons. The summed E-state index contributed by atoms with van der Waals surface area (Å²) in [4.78, 5) is 19.3. The van der Waals surface area contributed by atoms with Crippen molar-refractivity contribution >= 4 is 5.97 Å². The van der Waals surface area contributed by atoms with Crippen LogP contribution in [0.5, 0.6) is 0 Å². The van der Waals surface area contributed by atoms with Crippen LogP contribution in [0.1, 0.15) is 17.9 Å². The van der Waals surface area contributed by atoms with Crippen LogP contribution in [-0.2, 0) is 18.3 Å². The van der Waals surface area contributed by atoms with Crippen LogP contribution < -0.4 is 0 Å². The maximum absolute atomic E-state index is 10.6. The Kier molecular flexibility index (Phi) is 3.41.